The SMILES string of the molecule is Cc1ccc([C@@H](CNS(=O)(=O)c2cccc3ccccc23)N2CCOCC2)cc1. The van der Waals surface area contributed by atoms with Gasteiger partial charge in [-0.2, -0.15) is 0 Å². The first kappa shape index (κ1) is 20.0. The number of aryl methyl sites for hydroxylation is 1. The summed E-state index contributed by atoms with van der Waals surface area (Å²) in [6, 6.07) is 21.2. The van der Waals surface area contributed by atoms with Crippen LogP contribution in [-0.4, -0.2) is 46.2 Å². The van der Waals surface area contributed by atoms with Gasteiger partial charge in [0.1, 0.15) is 0 Å². The molecule has 0 aromatic heterocycles. The minimum atomic E-state index is -3.64. The molecule has 0 saturated carbocycles. The Kier molecular flexibility index (Phi) is 5.96. The van der Waals surface area contributed by atoms with E-state index in [1.807, 2.05) is 30.3 Å². The molecule has 0 spiro atoms. The minimum absolute atomic E-state index is 0.0377. The van der Waals surface area contributed by atoms with Crippen molar-refractivity contribution in [1.29, 1.82) is 0 Å². The van der Waals surface area contributed by atoms with Crippen LogP contribution in [0.25, 0.3) is 10.8 Å². The maximum Gasteiger partial charge on any atom is 0.241 e. The van der Waals surface area contributed by atoms with Crippen LogP contribution >= 0.6 is 0 Å². The van der Waals surface area contributed by atoms with Gasteiger partial charge in [0.25, 0.3) is 0 Å². The lowest BCUT2D eigenvalue weighted by Gasteiger charge is -2.35. The predicted molar refractivity (Wildman–Crippen MR) is 115 cm³/mol. The lowest BCUT2D eigenvalue weighted by atomic mass is 10.0. The van der Waals surface area contributed by atoms with Gasteiger partial charge in [-0.1, -0.05) is 66.2 Å². The Labute approximate surface area is 172 Å². The predicted octanol–water partition coefficient (Wildman–Crippen LogP) is 3.50. The van der Waals surface area contributed by atoms with Gasteiger partial charge in [0.05, 0.1) is 18.1 Å². The molecule has 1 saturated heterocycles. The Morgan fingerprint density at radius 1 is 0.966 bits per heavy atom. The molecule has 0 amide bonds. The highest BCUT2D eigenvalue weighted by atomic mass is 32.2. The number of sulfonamides is 1. The van der Waals surface area contributed by atoms with Gasteiger partial charge >= 0.3 is 0 Å². The average Bonchev–Trinajstić information content (AvgIpc) is 2.75. The summed E-state index contributed by atoms with van der Waals surface area (Å²) in [6.45, 7) is 5.27. The molecular formula is C23H26N2O3S. The molecule has 1 heterocycles. The highest BCUT2D eigenvalue weighted by Gasteiger charge is 2.25. The Morgan fingerprint density at radius 3 is 2.41 bits per heavy atom. The largest absolute Gasteiger partial charge is 0.379 e. The van der Waals surface area contributed by atoms with E-state index in [9.17, 15) is 8.42 Å². The summed E-state index contributed by atoms with van der Waals surface area (Å²) >= 11 is 0. The van der Waals surface area contributed by atoms with Crippen molar-refractivity contribution in [3.63, 3.8) is 0 Å². The van der Waals surface area contributed by atoms with E-state index in [1.54, 1.807) is 12.1 Å². The second kappa shape index (κ2) is 8.63. The first-order chi connectivity index (χ1) is 14.0. The van der Waals surface area contributed by atoms with E-state index in [0.717, 1.165) is 29.4 Å². The molecule has 0 unspecified atom stereocenters. The summed E-state index contributed by atoms with van der Waals surface area (Å²) in [4.78, 5) is 2.61. The second-order valence-electron chi connectivity index (χ2n) is 7.40. The zero-order valence-electron chi connectivity index (χ0n) is 16.5. The zero-order chi connectivity index (χ0) is 20.3. The molecule has 6 heteroatoms. The number of hydrogen-bond donors (Lipinski definition) is 1. The molecule has 4 rings (SSSR count). The molecule has 29 heavy (non-hydrogen) atoms. The van der Waals surface area contributed by atoms with Crippen molar-refractivity contribution in [3.8, 4) is 0 Å². The normalized spacial score (nSPS) is 16.7. The molecule has 5 nitrogen and oxygen atoms in total. The van der Waals surface area contributed by atoms with E-state index in [0.29, 0.717) is 24.7 Å². The van der Waals surface area contributed by atoms with Crippen LogP contribution in [0.4, 0.5) is 0 Å². The lowest BCUT2D eigenvalue weighted by Crippen LogP contribution is -2.43. The van der Waals surface area contributed by atoms with Gasteiger partial charge in [-0.3, -0.25) is 4.90 Å². The van der Waals surface area contributed by atoms with Crippen LogP contribution in [0.5, 0.6) is 0 Å². The fourth-order valence-electron chi connectivity index (χ4n) is 3.83. The van der Waals surface area contributed by atoms with Crippen LogP contribution < -0.4 is 4.72 Å². The number of hydrogen-bond acceptors (Lipinski definition) is 4. The van der Waals surface area contributed by atoms with E-state index in [4.69, 9.17) is 4.74 Å². The molecule has 3 aromatic rings. The number of benzene rings is 3. The summed E-state index contributed by atoms with van der Waals surface area (Å²) in [5, 5.41) is 1.65. The molecule has 1 aliphatic heterocycles. The van der Waals surface area contributed by atoms with Gasteiger partial charge in [-0.25, -0.2) is 13.1 Å². The Balaban J connectivity index is 1.61. The quantitative estimate of drug-likeness (QED) is 0.676. The fraction of sp³-hybridized carbons (Fsp3) is 0.304. The van der Waals surface area contributed by atoms with E-state index in [1.165, 1.54) is 5.56 Å². The Bertz CT molecular complexity index is 1070. The van der Waals surface area contributed by atoms with Crippen molar-refractivity contribution in [2.45, 2.75) is 17.9 Å². The van der Waals surface area contributed by atoms with Crippen LogP contribution in [0, 0.1) is 6.92 Å². The van der Waals surface area contributed by atoms with Gasteiger partial charge in [0.15, 0.2) is 0 Å². The molecule has 152 valence electrons. The summed E-state index contributed by atoms with van der Waals surface area (Å²) in [5.41, 5.74) is 2.30. The summed E-state index contributed by atoms with van der Waals surface area (Å²) in [7, 11) is -3.64. The minimum Gasteiger partial charge on any atom is -0.379 e. The van der Waals surface area contributed by atoms with Crippen LogP contribution in [-0.2, 0) is 14.8 Å². The maximum absolute atomic E-state index is 13.2. The first-order valence-corrected chi connectivity index (χ1v) is 11.4. The number of ether oxygens (including phenoxy) is 1. The molecule has 1 fully saturated rings. The third-order valence-electron chi connectivity index (χ3n) is 5.45. The topological polar surface area (TPSA) is 58.6 Å². The van der Waals surface area contributed by atoms with Crippen molar-refractivity contribution >= 4 is 20.8 Å². The van der Waals surface area contributed by atoms with Crippen molar-refractivity contribution in [3.05, 3.63) is 77.9 Å². The van der Waals surface area contributed by atoms with Gasteiger partial charge in [-0.05, 0) is 23.9 Å². The number of morpholine rings is 1. The fourth-order valence-corrected chi connectivity index (χ4v) is 5.10. The number of nitrogens with zero attached hydrogens (tertiary/aromatic N) is 1. The second-order valence-corrected chi connectivity index (χ2v) is 9.14. The number of fused-ring (bicyclic) bond motifs is 1. The van der Waals surface area contributed by atoms with E-state index in [2.05, 4.69) is 40.8 Å². The monoisotopic (exact) mass is 410 g/mol. The van der Waals surface area contributed by atoms with E-state index < -0.39 is 10.0 Å². The summed E-state index contributed by atoms with van der Waals surface area (Å²) < 4.78 is 34.7. The molecule has 1 N–H and O–H groups in total. The van der Waals surface area contributed by atoms with Crippen LogP contribution in [0.15, 0.2) is 71.6 Å². The third kappa shape index (κ3) is 4.51. The maximum atomic E-state index is 13.2. The van der Waals surface area contributed by atoms with Gasteiger partial charge in [0, 0.05) is 31.1 Å². The smallest absolute Gasteiger partial charge is 0.241 e. The highest BCUT2D eigenvalue weighted by Crippen LogP contribution is 2.25. The molecule has 1 aliphatic rings. The number of nitrogens with one attached hydrogen (secondary N) is 1. The third-order valence-corrected chi connectivity index (χ3v) is 6.94. The van der Waals surface area contributed by atoms with E-state index in [-0.39, 0.29) is 6.04 Å². The molecule has 0 radical (unpaired) electrons. The van der Waals surface area contributed by atoms with Crippen molar-refractivity contribution in [1.82, 2.24) is 9.62 Å². The highest BCUT2D eigenvalue weighted by molar-refractivity contribution is 7.89. The molecule has 0 aliphatic carbocycles. The summed E-state index contributed by atoms with van der Waals surface area (Å²) in [6.07, 6.45) is 0. The molecular weight excluding hydrogens is 384 g/mol. The number of rotatable bonds is 6. The van der Waals surface area contributed by atoms with Crippen LogP contribution in [0.2, 0.25) is 0 Å². The van der Waals surface area contributed by atoms with Gasteiger partial charge in [0.2, 0.25) is 10.0 Å². The van der Waals surface area contributed by atoms with Crippen molar-refractivity contribution < 1.29 is 13.2 Å². The molecule has 0 bridgehead atoms. The Hall–Kier alpha value is -2.25. The molecule has 1 atom stereocenters. The average molecular weight is 411 g/mol. The van der Waals surface area contributed by atoms with Crippen molar-refractivity contribution in [2.75, 3.05) is 32.8 Å². The van der Waals surface area contributed by atoms with E-state index >= 15 is 0 Å². The Morgan fingerprint density at radius 2 is 1.66 bits per heavy atom. The van der Waals surface area contributed by atoms with Gasteiger partial charge in [-0.15, -0.1) is 0 Å². The van der Waals surface area contributed by atoms with Gasteiger partial charge < -0.3 is 4.74 Å². The summed E-state index contributed by atoms with van der Waals surface area (Å²) in [5.74, 6) is 0. The van der Waals surface area contributed by atoms with Crippen LogP contribution in [0.1, 0.15) is 17.2 Å². The van der Waals surface area contributed by atoms with Crippen molar-refractivity contribution in [2.24, 2.45) is 0 Å². The van der Waals surface area contributed by atoms with Crippen LogP contribution in [0.3, 0.4) is 0 Å². The lowest BCUT2D eigenvalue weighted by molar-refractivity contribution is 0.0172. The molecule has 3 aromatic carbocycles. The zero-order valence-corrected chi connectivity index (χ0v) is 17.4. The first-order valence-electron chi connectivity index (χ1n) is 9.90. The standard InChI is InChI=1S/C23H26N2O3S/c1-18-9-11-20(12-10-18)22(25-13-15-28-16-14-25)17-24-29(26,27)23-8-4-6-19-5-2-3-7-21(19)23/h2-12,22,24H,13-17H2,1H3/t22-/m1/s1.